The zero-order valence-electron chi connectivity index (χ0n) is 5.24. The number of fused-ring (bicyclic) bond motifs is 1. The predicted molar refractivity (Wildman–Crippen MR) is 39.9 cm³/mol. The van der Waals surface area contributed by atoms with Crippen molar-refractivity contribution in [3.8, 4) is 0 Å². The summed E-state index contributed by atoms with van der Waals surface area (Å²) in [6.45, 7) is 0. The summed E-state index contributed by atoms with van der Waals surface area (Å²) in [5.41, 5.74) is 0. The zero-order valence-corrected chi connectivity index (χ0v) is 6.75. The van der Waals surface area contributed by atoms with E-state index in [9.17, 15) is 0 Å². The van der Waals surface area contributed by atoms with Gasteiger partial charge in [-0.05, 0) is 24.7 Å². The Morgan fingerprint density at radius 3 is 1.78 bits per heavy atom. The molecule has 2 fully saturated rings. The average molecular weight is 165 g/mol. The molecule has 2 atom stereocenters. The molecule has 0 aromatic carbocycles. The first-order chi connectivity index (χ1) is 4.23. The third-order valence-electron chi connectivity index (χ3n) is 2.65. The van der Waals surface area contributed by atoms with E-state index >= 15 is 0 Å². The van der Waals surface area contributed by atoms with Gasteiger partial charge < -0.3 is 0 Å². The molecule has 0 unspecified atom stereocenters. The number of halogens is 2. The monoisotopic (exact) mass is 164 g/mol. The summed E-state index contributed by atoms with van der Waals surface area (Å²) in [5.74, 6) is 1.30. The smallest absolute Gasteiger partial charge is 0.101 e. The third-order valence-corrected chi connectivity index (χ3v) is 3.77. The van der Waals surface area contributed by atoms with Crippen LogP contribution in [0.5, 0.6) is 0 Å². The van der Waals surface area contributed by atoms with Crippen LogP contribution in [0.2, 0.25) is 0 Å². The van der Waals surface area contributed by atoms with Crippen LogP contribution in [0.3, 0.4) is 0 Å². The molecule has 2 heteroatoms. The highest BCUT2D eigenvalue weighted by atomic mass is 35.5. The average Bonchev–Trinajstić information content (AvgIpc) is 2.39. The lowest BCUT2D eigenvalue weighted by molar-refractivity contribution is 0.480. The van der Waals surface area contributed by atoms with Gasteiger partial charge in [-0.15, -0.1) is 23.2 Å². The summed E-state index contributed by atoms with van der Waals surface area (Å²) in [6.07, 6.45) is 5.19. The van der Waals surface area contributed by atoms with Crippen molar-refractivity contribution in [3.05, 3.63) is 0 Å². The molecule has 0 saturated heterocycles. The molecule has 2 aliphatic carbocycles. The fourth-order valence-electron chi connectivity index (χ4n) is 1.98. The largest absolute Gasteiger partial charge is 0.124 e. The summed E-state index contributed by atoms with van der Waals surface area (Å²) in [5, 5.41) is 0. The molecule has 9 heavy (non-hydrogen) atoms. The maximum absolute atomic E-state index is 5.98. The molecule has 52 valence electrons. The minimum absolute atomic E-state index is 0.309. The lowest BCUT2D eigenvalue weighted by atomic mass is 10.0. The summed E-state index contributed by atoms with van der Waals surface area (Å²) in [4.78, 5) is 0. The molecule has 0 N–H and O–H groups in total. The lowest BCUT2D eigenvalue weighted by Crippen LogP contribution is -1.91. The molecule has 2 aliphatic rings. The number of alkyl halides is 2. The predicted octanol–water partition coefficient (Wildman–Crippen LogP) is 2.98. The van der Waals surface area contributed by atoms with Gasteiger partial charge in [0.2, 0.25) is 0 Å². The zero-order chi connectivity index (χ0) is 6.48. The summed E-state index contributed by atoms with van der Waals surface area (Å²) < 4.78 is -0.309. The summed E-state index contributed by atoms with van der Waals surface area (Å²) >= 11 is 12.0. The van der Waals surface area contributed by atoms with E-state index in [0.29, 0.717) is 11.8 Å². The van der Waals surface area contributed by atoms with E-state index < -0.39 is 0 Å². The van der Waals surface area contributed by atoms with E-state index in [2.05, 4.69) is 0 Å². The van der Waals surface area contributed by atoms with Gasteiger partial charge in [0.1, 0.15) is 4.33 Å². The first-order valence-electron chi connectivity index (χ1n) is 3.61. The van der Waals surface area contributed by atoms with Crippen molar-refractivity contribution < 1.29 is 0 Å². The van der Waals surface area contributed by atoms with Crippen molar-refractivity contribution >= 4 is 23.2 Å². The Labute approximate surface area is 65.5 Å². The van der Waals surface area contributed by atoms with Crippen LogP contribution in [0.25, 0.3) is 0 Å². The van der Waals surface area contributed by atoms with Crippen molar-refractivity contribution in [2.24, 2.45) is 11.8 Å². The number of hydrogen-bond donors (Lipinski definition) is 0. The van der Waals surface area contributed by atoms with Gasteiger partial charge in [-0.3, -0.25) is 0 Å². The quantitative estimate of drug-likeness (QED) is 0.484. The lowest BCUT2D eigenvalue weighted by Gasteiger charge is -2.03. The molecular formula is C7H10Cl2. The molecule has 0 aromatic heterocycles. The van der Waals surface area contributed by atoms with E-state index in [1.165, 1.54) is 25.7 Å². The Kier molecular flexibility index (Phi) is 1.26. The topological polar surface area (TPSA) is 0 Å². The number of hydrogen-bond acceptors (Lipinski definition) is 0. The third kappa shape index (κ3) is 0.798. The van der Waals surface area contributed by atoms with Crippen LogP contribution in [0, 0.1) is 11.8 Å². The standard InChI is InChI=1S/C7H10Cl2/c8-7(9)5-3-1-2-4-6(5)7/h5-6H,1-4H2/t5-,6-/m1/s1. The molecule has 0 nitrogen and oxygen atoms in total. The van der Waals surface area contributed by atoms with Gasteiger partial charge in [-0.25, -0.2) is 0 Å². The first-order valence-corrected chi connectivity index (χ1v) is 4.36. The highest BCUT2D eigenvalue weighted by Crippen LogP contribution is 2.65. The van der Waals surface area contributed by atoms with E-state index in [1.54, 1.807) is 0 Å². The molecule has 0 spiro atoms. The van der Waals surface area contributed by atoms with Crippen molar-refractivity contribution in [3.63, 3.8) is 0 Å². The molecular weight excluding hydrogens is 155 g/mol. The van der Waals surface area contributed by atoms with Gasteiger partial charge in [0, 0.05) is 0 Å². The second kappa shape index (κ2) is 1.79. The highest BCUT2D eigenvalue weighted by Gasteiger charge is 2.62. The van der Waals surface area contributed by atoms with Crippen molar-refractivity contribution in [2.75, 3.05) is 0 Å². The van der Waals surface area contributed by atoms with E-state index in [0.717, 1.165) is 0 Å². The summed E-state index contributed by atoms with van der Waals surface area (Å²) in [6, 6.07) is 0. The van der Waals surface area contributed by atoms with Crippen molar-refractivity contribution in [1.82, 2.24) is 0 Å². The van der Waals surface area contributed by atoms with Crippen molar-refractivity contribution in [2.45, 2.75) is 30.0 Å². The second-order valence-electron chi connectivity index (χ2n) is 3.17. The van der Waals surface area contributed by atoms with Crippen LogP contribution in [-0.2, 0) is 0 Å². The van der Waals surface area contributed by atoms with Crippen LogP contribution in [0.1, 0.15) is 25.7 Å². The SMILES string of the molecule is ClC1(Cl)[C@@H]2CCCC[C@H]21. The van der Waals surface area contributed by atoms with E-state index in [1.807, 2.05) is 0 Å². The van der Waals surface area contributed by atoms with E-state index in [-0.39, 0.29) is 4.33 Å². The first kappa shape index (κ1) is 6.30. The summed E-state index contributed by atoms with van der Waals surface area (Å²) in [7, 11) is 0. The second-order valence-corrected chi connectivity index (χ2v) is 4.62. The fraction of sp³-hybridized carbons (Fsp3) is 1.00. The molecule has 2 rings (SSSR count). The Hall–Kier alpha value is 0.580. The maximum Gasteiger partial charge on any atom is 0.124 e. The minimum Gasteiger partial charge on any atom is -0.101 e. The molecule has 0 radical (unpaired) electrons. The minimum atomic E-state index is -0.309. The molecule has 0 bridgehead atoms. The van der Waals surface area contributed by atoms with Gasteiger partial charge in [-0.2, -0.15) is 0 Å². The van der Waals surface area contributed by atoms with Gasteiger partial charge in [-0.1, -0.05) is 12.8 Å². The Morgan fingerprint density at radius 2 is 1.44 bits per heavy atom. The number of rotatable bonds is 0. The van der Waals surface area contributed by atoms with Gasteiger partial charge in [0.05, 0.1) is 0 Å². The van der Waals surface area contributed by atoms with Gasteiger partial charge in [0.25, 0.3) is 0 Å². The van der Waals surface area contributed by atoms with Crippen LogP contribution < -0.4 is 0 Å². The Balaban J connectivity index is 2.06. The fourth-order valence-corrected chi connectivity index (χ4v) is 2.90. The molecule has 0 aromatic rings. The normalized spacial score (nSPS) is 46.0. The molecule has 2 saturated carbocycles. The van der Waals surface area contributed by atoms with Crippen LogP contribution in [0.15, 0.2) is 0 Å². The van der Waals surface area contributed by atoms with Crippen LogP contribution >= 0.6 is 23.2 Å². The van der Waals surface area contributed by atoms with Crippen LogP contribution in [0.4, 0.5) is 0 Å². The highest BCUT2D eigenvalue weighted by molar-refractivity contribution is 6.51. The Morgan fingerprint density at radius 1 is 1.00 bits per heavy atom. The Bertz CT molecular complexity index is 117. The van der Waals surface area contributed by atoms with Crippen LogP contribution in [-0.4, -0.2) is 4.33 Å². The molecule has 0 amide bonds. The molecule has 0 aliphatic heterocycles. The maximum atomic E-state index is 5.98. The molecule has 0 heterocycles. The van der Waals surface area contributed by atoms with Gasteiger partial charge in [0.15, 0.2) is 0 Å². The van der Waals surface area contributed by atoms with Crippen molar-refractivity contribution in [1.29, 1.82) is 0 Å². The van der Waals surface area contributed by atoms with Gasteiger partial charge >= 0.3 is 0 Å². The van der Waals surface area contributed by atoms with E-state index in [4.69, 9.17) is 23.2 Å².